The minimum Gasteiger partial charge on any atom is -0.463 e. The molecule has 5 aromatic rings. The van der Waals surface area contributed by atoms with E-state index in [2.05, 4.69) is 20.4 Å². The topological polar surface area (TPSA) is 106 Å². The van der Waals surface area contributed by atoms with Gasteiger partial charge in [0.2, 0.25) is 5.95 Å². The molecule has 1 amide bonds. The van der Waals surface area contributed by atoms with Crippen molar-refractivity contribution in [3.8, 4) is 28.7 Å². The van der Waals surface area contributed by atoms with Gasteiger partial charge in [-0.3, -0.25) is 14.6 Å². The maximum absolute atomic E-state index is 12.9. The van der Waals surface area contributed by atoms with E-state index in [4.69, 9.17) is 4.42 Å². The average Bonchev–Trinajstić information content (AvgIpc) is 3.49. The number of furan rings is 1. The Labute approximate surface area is 188 Å². The lowest BCUT2D eigenvalue weighted by Gasteiger charge is -2.09. The van der Waals surface area contributed by atoms with Crippen molar-refractivity contribution in [2.24, 2.45) is 0 Å². The van der Waals surface area contributed by atoms with Crippen LogP contribution in [-0.2, 0) is 0 Å². The van der Waals surface area contributed by atoms with E-state index < -0.39 is 0 Å². The summed E-state index contributed by atoms with van der Waals surface area (Å²) in [4.78, 5) is 32.7. The zero-order valence-corrected chi connectivity index (χ0v) is 17.6. The summed E-state index contributed by atoms with van der Waals surface area (Å²) in [6.45, 7) is 1.92. The van der Waals surface area contributed by atoms with Gasteiger partial charge in [-0.2, -0.15) is 9.78 Å². The smallest absolute Gasteiger partial charge is 0.256 e. The van der Waals surface area contributed by atoms with Crippen LogP contribution in [-0.4, -0.2) is 25.7 Å². The summed E-state index contributed by atoms with van der Waals surface area (Å²) in [5.41, 5.74) is 2.88. The molecule has 0 fully saturated rings. The molecule has 0 spiro atoms. The highest BCUT2D eigenvalue weighted by atomic mass is 16.3. The molecule has 0 aliphatic rings. The molecule has 33 heavy (non-hydrogen) atoms. The van der Waals surface area contributed by atoms with Gasteiger partial charge in [0.25, 0.3) is 11.5 Å². The van der Waals surface area contributed by atoms with E-state index in [1.54, 1.807) is 30.3 Å². The number of aromatic nitrogens is 4. The predicted molar refractivity (Wildman–Crippen MR) is 124 cm³/mol. The summed E-state index contributed by atoms with van der Waals surface area (Å²) in [5, 5.41) is 7.41. The summed E-state index contributed by atoms with van der Waals surface area (Å²) in [5.74, 6) is 0.703. The first-order valence-corrected chi connectivity index (χ1v) is 10.3. The lowest BCUT2D eigenvalue weighted by Crippen LogP contribution is -2.18. The third-order valence-electron chi connectivity index (χ3n) is 5.00. The van der Waals surface area contributed by atoms with Crippen LogP contribution in [0.3, 0.4) is 0 Å². The second kappa shape index (κ2) is 8.43. The molecule has 0 radical (unpaired) electrons. The van der Waals surface area contributed by atoms with Crippen LogP contribution < -0.4 is 10.9 Å². The Balaban J connectivity index is 1.60. The van der Waals surface area contributed by atoms with Gasteiger partial charge >= 0.3 is 0 Å². The Kier molecular flexibility index (Phi) is 5.16. The van der Waals surface area contributed by atoms with Gasteiger partial charge in [0.1, 0.15) is 11.5 Å². The minimum absolute atomic E-state index is 0.165. The van der Waals surface area contributed by atoms with Gasteiger partial charge in [0, 0.05) is 23.3 Å². The number of nitrogens with one attached hydrogen (secondary N) is 2. The van der Waals surface area contributed by atoms with Crippen molar-refractivity contribution in [3.63, 3.8) is 0 Å². The highest BCUT2D eigenvalue weighted by Crippen LogP contribution is 2.25. The van der Waals surface area contributed by atoms with Gasteiger partial charge in [0.05, 0.1) is 12.0 Å². The highest BCUT2D eigenvalue weighted by Gasteiger charge is 2.18. The van der Waals surface area contributed by atoms with Gasteiger partial charge in [-0.25, -0.2) is 4.98 Å². The van der Waals surface area contributed by atoms with E-state index in [9.17, 15) is 9.59 Å². The van der Waals surface area contributed by atoms with Crippen molar-refractivity contribution in [1.82, 2.24) is 19.7 Å². The van der Waals surface area contributed by atoms with E-state index in [1.165, 1.54) is 17.0 Å². The van der Waals surface area contributed by atoms with Crippen molar-refractivity contribution < 1.29 is 9.21 Å². The third kappa shape index (κ3) is 4.22. The molecule has 3 heterocycles. The van der Waals surface area contributed by atoms with Crippen LogP contribution in [0.25, 0.3) is 28.7 Å². The van der Waals surface area contributed by atoms with Crippen molar-refractivity contribution in [2.75, 3.05) is 5.32 Å². The standard InChI is InChI=1S/C25H19N5O3/c1-16-7-5-10-18(13-16)24(32)27-22-14-20(21-11-6-12-33-21)29-30(22)25-26-19(15-23(31)28-25)17-8-3-2-4-9-17/h2-15H,1H3,(H,27,32)(H,26,28,31). The summed E-state index contributed by atoms with van der Waals surface area (Å²) in [7, 11) is 0. The molecule has 0 bridgehead atoms. The van der Waals surface area contributed by atoms with Crippen LogP contribution in [0, 0.1) is 6.92 Å². The number of hydrogen-bond acceptors (Lipinski definition) is 5. The van der Waals surface area contributed by atoms with Gasteiger partial charge in [0.15, 0.2) is 5.76 Å². The monoisotopic (exact) mass is 437 g/mol. The molecule has 0 atom stereocenters. The van der Waals surface area contributed by atoms with E-state index in [0.29, 0.717) is 28.5 Å². The molecular weight excluding hydrogens is 418 g/mol. The van der Waals surface area contributed by atoms with Crippen LogP contribution in [0.4, 0.5) is 5.82 Å². The largest absolute Gasteiger partial charge is 0.463 e. The van der Waals surface area contributed by atoms with E-state index in [-0.39, 0.29) is 17.4 Å². The van der Waals surface area contributed by atoms with Gasteiger partial charge in [-0.15, -0.1) is 0 Å². The zero-order valence-electron chi connectivity index (χ0n) is 17.6. The van der Waals surface area contributed by atoms with E-state index in [1.807, 2.05) is 49.4 Å². The number of hydrogen-bond donors (Lipinski definition) is 2. The number of carbonyl (C=O) groups is 1. The Bertz CT molecular complexity index is 1480. The normalized spacial score (nSPS) is 10.8. The molecule has 3 aromatic heterocycles. The van der Waals surface area contributed by atoms with Crippen molar-refractivity contribution >= 4 is 11.7 Å². The molecular formula is C25H19N5O3. The number of rotatable bonds is 5. The highest BCUT2D eigenvalue weighted by molar-refractivity contribution is 6.04. The predicted octanol–water partition coefficient (Wildman–Crippen LogP) is 4.44. The fourth-order valence-corrected chi connectivity index (χ4v) is 3.45. The maximum Gasteiger partial charge on any atom is 0.256 e. The average molecular weight is 437 g/mol. The molecule has 8 nitrogen and oxygen atoms in total. The summed E-state index contributed by atoms with van der Waals surface area (Å²) in [6, 6.07) is 23.2. The number of anilines is 1. The molecule has 0 unspecified atom stereocenters. The molecule has 0 saturated heterocycles. The summed E-state index contributed by atoms with van der Waals surface area (Å²) < 4.78 is 6.85. The molecule has 5 rings (SSSR count). The molecule has 2 N–H and O–H groups in total. The SMILES string of the molecule is Cc1cccc(C(=O)Nc2cc(-c3ccco3)nn2-c2nc(-c3ccccc3)cc(=O)[nH]2)c1. The molecule has 0 aliphatic heterocycles. The van der Waals surface area contributed by atoms with Gasteiger partial charge in [-0.05, 0) is 31.2 Å². The fraction of sp³-hybridized carbons (Fsp3) is 0.0400. The second-order valence-electron chi connectivity index (χ2n) is 7.45. The number of H-pyrrole nitrogens is 1. The Morgan fingerprint density at radius 1 is 0.970 bits per heavy atom. The number of aromatic amines is 1. The van der Waals surface area contributed by atoms with Crippen molar-refractivity contribution in [1.29, 1.82) is 0 Å². The zero-order chi connectivity index (χ0) is 22.8. The fourth-order valence-electron chi connectivity index (χ4n) is 3.45. The van der Waals surface area contributed by atoms with Crippen molar-refractivity contribution in [3.05, 3.63) is 107 Å². The number of aryl methyl sites for hydroxylation is 1. The first kappa shape index (κ1) is 20.2. The number of amides is 1. The molecule has 2 aromatic carbocycles. The lowest BCUT2D eigenvalue weighted by molar-refractivity contribution is 0.102. The van der Waals surface area contributed by atoms with Crippen molar-refractivity contribution in [2.45, 2.75) is 6.92 Å². The molecule has 0 saturated carbocycles. The van der Waals surface area contributed by atoms with E-state index >= 15 is 0 Å². The Morgan fingerprint density at radius 3 is 2.58 bits per heavy atom. The van der Waals surface area contributed by atoms with E-state index in [0.717, 1.165) is 11.1 Å². The van der Waals surface area contributed by atoms with Gasteiger partial charge < -0.3 is 9.73 Å². The second-order valence-corrected chi connectivity index (χ2v) is 7.45. The summed E-state index contributed by atoms with van der Waals surface area (Å²) in [6.07, 6.45) is 1.54. The van der Waals surface area contributed by atoms with Crippen LogP contribution in [0.1, 0.15) is 15.9 Å². The lowest BCUT2D eigenvalue weighted by atomic mass is 10.1. The number of carbonyl (C=O) groups excluding carboxylic acids is 1. The third-order valence-corrected chi connectivity index (χ3v) is 5.00. The molecule has 0 aliphatic carbocycles. The Morgan fingerprint density at radius 2 is 1.82 bits per heavy atom. The number of benzene rings is 2. The maximum atomic E-state index is 12.9. The molecule has 162 valence electrons. The number of nitrogens with zero attached hydrogens (tertiary/aromatic N) is 3. The van der Waals surface area contributed by atoms with Crippen LogP contribution in [0.5, 0.6) is 0 Å². The summed E-state index contributed by atoms with van der Waals surface area (Å²) >= 11 is 0. The minimum atomic E-state index is -0.343. The Hall–Kier alpha value is -4.72. The van der Waals surface area contributed by atoms with Gasteiger partial charge in [-0.1, -0.05) is 48.0 Å². The molecule has 8 heteroatoms. The quantitative estimate of drug-likeness (QED) is 0.423. The first-order chi connectivity index (χ1) is 16.1. The van der Waals surface area contributed by atoms with Crippen LogP contribution in [0.2, 0.25) is 0 Å². The van der Waals surface area contributed by atoms with Crippen LogP contribution in [0.15, 0.2) is 94.3 Å². The first-order valence-electron chi connectivity index (χ1n) is 10.3. The van der Waals surface area contributed by atoms with Crippen LogP contribution >= 0.6 is 0 Å².